The second-order valence-electron chi connectivity index (χ2n) is 4.64. The van der Waals surface area contributed by atoms with Gasteiger partial charge in [-0.05, 0) is 40.8 Å². The third-order valence-corrected chi connectivity index (χ3v) is 3.35. The first-order valence-electron chi connectivity index (χ1n) is 6.62. The van der Waals surface area contributed by atoms with E-state index in [1.54, 1.807) is 12.1 Å². The smallest absolute Gasteiger partial charge is 0.309 e. The second kappa shape index (κ2) is 6.24. The van der Waals surface area contributed by atoms with Crippen molar-refractivity contribution in [1.29, 1.82) is 0 Å². The average molecular weight is 270 g/mol. The Bertz CT molecular complexity index is 600. The minimum absolute atomic E-state index is 0.225. The third kappa shape index (κ3) is 3.18. The fourth-order valence-corrected chi connectivity index (χ4v) is 2.19. The number of carbonyl (C=O) groups excluding carboxylic acids is 1. The summed E-state index contributed by atoms with van der Waals surface area (Å²) < 4.78 is 4.71. The lowest BCUT2D eigenvalue weighted by molar-refractivity contribution is -0.139. The number of methoxy groups -OCH3 is 1. The fraction of sp³-hybridized carbons (Fsp3) is 0.235. The third-order valence-electron chi connectivity index (χ3n) is 3.35. The molecule has 0 aliphatic rings. The quantitative estimate of drug-likeness (QED) is 0.867. The van der Waals surface area contributed by atoms with Gasteiger partial charge in [-0.15, -0.1) is 0 Å². The summed E-state index contributed by atoms with van der Waals surface area (Å²) in [6.07, 6.45) is 1.16. The number of phenols is 1. The molecule has 1 N–H and O–H groups in total. The Hall–Kier alpha value is -2.29. The first-order valence-corrected chi connectivity index (χ1v) is 6.62. The fourth-order valence-electron chi connectivity index (χ4n) is 2.19. The number of aryl methyl sites for hydroxylation is 1. The molecule has 104 valence electrons. The Balaban J connectivity index is 2.33. The van der Waals surface area contributed by atoms with Crippen molar-refractivity contribution in [3.8, 4) is 16.9 Å². The molecule has 2 rings (SSSR count). The SMILES string of the molecule is CCc1cc(-c2ccc(O)cc2)ccc1CC(=O)OC. The van der Waals surface area contributed by atoms with E-state index in [4.69, 9.17) is 4.74 Å². The summed E-state index contributed by atoms with van der Waals surface area (Å²) in [6.45, 7) is 2.07. The van der Waals surface area contributed by atoms with Gasteiger partial charge in [0.05, 0.1) is 13.5 Å². The molecule has 2 aromatic rings. The molecule has 0 saturated carbocycles. The van der Waals surface area contributed by atoms with E-state index in [2.05, 4.69) is 13.0 Å². The van der Waals surface area contributed by atoms with Gasteiger partial charge in [0, 0.05) is 0 Å². The monoisotopic (exact) mass is 270 g/mol. The van der Waals surface area contributed by atoms with E-state index in [-0.39, 0.29) is 11.7 Å². The molecule has 0 saturated heterocycles. The Labute approximate surface area is 118 Å². The van der Waals surface area contributed by atoms with Crippen LogP contribution >= 0.6 is 0 Å². The van der Waals surface area contributed by atoms with E-state index in [1.165, 1.54) is 7.11 Å². The normalized spacial score (nSPS) is 10.3. The highest BCUT2D eigenvalue weighted by Gasteiger charge is 2.09. The van der Waals surface area contributed by atoms with E-state index in [0.717, 1.165) is 28.7 Å². The van der Waals surface area contributed by atoms with Crippen molar-refractivity contribution < 1.29 is 14.6 Å². The van der Waals surface area contributed by atoms with Crippen LogP contribution in [0.1, 0.15) is 18.1 Å². The summed E-state index contributed by atoms with van der Waals surface area (Å²) >= 11 is 0. The molecule has 0 atom stereocenters. The predicted octanol–water partition coefficient (Wildman–Crippen LogP) is 3.34. The number of hydrogen-bond donors (Lipinski definition) is 1. The Morgan fingerprint density at radius 2 is 1.70 bits per heavy atom. The molecule has 0 radical (unpaired) electrons. The van der Waals surface area contributed by atoms with Crippen LogP contribution in [0.4, 0.5) is 0 Å². The number of benzene rings is 2. The number of phenolic OH excluding ortho intramolecular Hbond substituents is 1. The standard InChI is InChI=1S/C17H18O3/c1-3-12-10-14(13-6-8-16(18)9-7-13)4-5-15(12)11-17(19)20-2/h4-10,18H,3,11H2,1-2H3. The molecule has 0 heterocycles. The highest BCUT2D eigenvalue weighted by molar-refractivity contribution is 5.74. The van der Waals surface area contributed by atoms with Crippen LogP contribution in [-0.2, 0) is 22.4 Å². The van der Waals surface area contributed by atoms with Crippen molar-refractivity contribution in [3.05, 3.63) is 53.6 Å². The van der Waals surface area contributed by atoms with Crippen molar-refractivity contribution in [2.24, 2.45) is 0 Å². The zero-order valence-electron chi connectivity index (χ0n) is 11.7. The number of ether oxygens (including phenoxy) is 1. The summed E-state index contributed by atoms with van der Waals surface area (Å²) in [5, 5.41) is 9.32. The zero-order chi connectivity index (χ0) is 14.5. The van der Waals surface area contributed by atoms with E-state index in [1.807, 2.05) is 24.3 Å². The Morgan fingerprint density at radius 3 is 2.30 bits per heavy atom. The molecule has 0 bridgehead atoms. The van der Waals surface area contributed by atoms with Crippen LogP contribution in [0.25, 0.3) is 11.1 Å². The Morgan fingerprint density at radius 1 is 1.05 bits per heavy atom. The molecule has 3 nitrogen and oxygen atoms in total. The Kier molecular flexibility index (Phi) is 4.41. The van der Waals surface area contributed by atoms with Crippen molar-refractivity contribution in [3.63, 3.8) is 0 Å². The molecule has 2 aromatic carbocycles. The number of rotatable bonds is 4. The molecule has 0 unspecified atom stereocenters. The van der Waals surface area contributed by atoms with Crippen LogP contribution < -0.4 is 0 Å². The van der Waals surface area contributed by atoms with Crippen LogP contribution in [0.15, 0.2) is 42.5 Å². The van der Waals surface area contributed by atoms with Crippen LogP contribution in [-0.4, -0.2) is 18.2 Å². The molecular weight excluding hydrogens is 252 g/mol. The van der Waals surface area contributed by atoms with E-state index in [0.29, 0.717) is 6.42 Å². The van der Waals surface area contributed by atoms with Gasteiger partial charge in [-0.2, -0.15) is 0 Å². The van der Waals surface area contributed by atoms with Crippen LogP contribution in [0.5, 0.6) is 5.75 Å². The molecule has 3 heteroatoms. The van der Waals surface area contributed by atoms with Gasteiger partial charge in [-0.25, -0.2) is 0 Å². The van der Waals surface area contributed by atoms with E-state index in [9.17, 15) is 9.90 Å². The van der Waals surface area contributed by atoms with Crippen molar-refractivity contribution in [2.45, 2.75) is 19.8 Å². The predicted molar refractivity (Wildman–Crippen MR) is 78.6 cm³/mol. The summed E-state index contributed by atoms with van der Waals surface area (Å²) in [5.74, 6) is 0.0314. The average Bonchev–Trinajstić information content (AvgIpc) is 2.48. The maximum absolute atomic E-state index is 11.4. The molecule has 0 fully saturated rings. The van der Waals surface area contributed by atoms with E-state index >= 15 is 0 Å². The van der Waals surface area contributed by atoms with Gasteiger partial charge >= 0.3 is 5.97 Å². The van der Waals surface area contributed by atoms with Gasteiger partial charge < -0.3 is 9.84 Å². The number of esters is 1. The maximum atomic E-state index is 11.4. The maximum Gasteiger partial charge on any atom is 0.309 e. The topological polar surface area (TPSA) is 46.5 Å². The summed E-state index contributed by atoms with van der Waals surface area (Å²) in [6, 6.07) is 13.1. The molecule has 0 aliphatic carbocycles. The minimum Gasteiger partial charge on any atom is -0.508 e. The highest BCUT2D eigenvalue weighted by Crippen LogP contribution is 2.25. The molecular formula is C17H18O3. The van der Waals surface area contributed by atoms with Crippen molar-refractivity contribution >= 4 is 5.97 Å². The number of hydrogen-bond acceptors (Lipinski definition) is 3. The van der Waals surface area contributed by atoms with Gasteiger partial charge in [-0.1, -0.05) is 37.3 Å². The first kappa shape index (κ1) is 14.1. The summed E-state index contributed by atoms with van der Waals surface area (Å²) in [5.41, 5.74) is 4.26. The lowest BCUT2D eigenvalue weighted by Crippen LogP contribution is -2.06. The molecule has 0 aliphatic heterocycles. The molecule has 0 amide bonds. The van der Waals surface area contributed by atoms with Gasteiger partial charge in [0.2, 0.25) is 0 Å². The zero-order valence-corrected chi connectivity index (χ0v) is 11.7. The summed E-state index contributed by atoms with van der Waals surface area (Å²) in [7, 11) is 1.40. The van der Waals surface area contributed by atoms with Crippen LogP contribution in [0.3, 0.4) is 0 Å². The second-order valence-corrected chi connectivity index (χ2v) is 4.64. The van der Waals surface area contributed by atoms with Gasteiger partial charge in [-0.3, -0.25) is 4.79 Å². The molecule has 0 aromatic heterocycles. The lowest BCUT2D eigenvalue weighted by atomic mass is 9.96. The number of aromatic hydroxyl groups is 1. The highest BCUT2D eigenvalue weighted by atomic mass is 16.5. The molecule has 20 heavy (non-hydrogen) atoms. The van der Waals surface area contributed by atoms with Crippen LogP contribution in [0, 0.1) is 0 Å². The summed E-state index contributed by atoms with van der Waals surface area (Å²) in [4.78, 5) is 11.4. The largest absolute Gasteiger partial charge is 0.508 e. The first-order chi connectivity index (χ1) is 9.63. The van der Waals surface area contributed by atoms with Crippen molar-refractivity contribution in [2.75, 3.05) is 7.11 Å². The van der Waals surface area contributed by atoms with Crippen LogP contribution in [0.2, 0.25) is 0 Å². The van der Waals surface area contributed by atoms with Gasteiger partial charge in [0.1, 0.15) is 5.75 Å². The lowest BCUT2D eigenvalue weighted by Gasteiger charge is -2.10. The molecule has 0 spiro atoms. The van der Waals surface area contributed by atoms with Gasteiger partial charge in [0.15, 0.2) is 0 Å². The minimum atomic E-state index is -0.225. The number of carbonyl (C=O) groups is 1. The van der Waals surface area contributed by atoms with E-state index < -0.39 is 0 Å². The van der Waals surface area contributed by atoms with Gasteiger partial charge in [0.25, 0.3) is 0 Å². The van der Waals surface area contributed by atoms with Crippen molar-refractivity contribution in [1.82, 2.24) is 0 Å².